The first kappa shape index (κ1) is 49.1. The minimum Gasteiger partial charge on any atom is -0.872 e. The minimum absolute atomic E-state index is 0. The Kier molecular flexibility index (Phi) is 16.7. The van der Waals surface area contributed by atoms with Gasteiger partial charge in [-0.1, -0.05) is 46.9 Å². The summed E-state index contributed by atoms with van der Waals surface area (Å²) in [5.74, 6) is -41.2. The maximum atomic E-state index is 13.4. The zero-order valence-electron chi connectivity index (χ0n) is 28.8. The van der Waals surface area contributed by atoms with Crippen LogP contribution in [0.4, 0.5) is 70.2 Å². The van der Waals surface area contributed by atoms with Crippen LogP contribution in [-0.2, 0) is 17.1 Å². The summed E-state index contributed by atoms with van der Waals surface area (Å²) < 4.78 is 212. The topological polar surface area (TPSA) is 80.3 Å². The van der Waals surface area contributed by atoms with E-state index >= 15 is 0 Å². The van der Waals surface area contributed by atoms with Crippen molar-refractivity contribution in [3.63, 3.8) is 0 Å². The second kappa shape index (κ2) is 20.1. The van der Waals surface area contributed by atoms with Crippen LogP contribution in [0.1, 0.15) is 43.0 Å². The van der Waals surface area contributed by atoms with Crippen molar-refractivity contribution in [3.05, 3.63) is 187 Å². The monoisotopic (exact) mass is 903 g/mol. The average Bonchev–Trinajstić information content (AvgIpc) is 3.13. The van der Waals surface area contributed by atoms with Crippen molar-refractivity contribution in [3.8, 4) is 0 Å². The molecule has 1 radical (unpaired) electrons. The second-order valence-corrected chi connectivity index (χ2v) is 11.3. The number of halogens is 16. The number of benzene rings is 5. The van der Waals surface area contributed by atoms with Crippen LogP contribution in [0.3, 0.4) is 0 Å². The maximum Gasteiger partial charge on any atom is 2.00 e. The molecule has 5 aromatic rings. The number of carbonyl (C=O) groups is 2. The Morgan fingerprint density at radius 2 is 0.542 bits per heavy atom. The van der Waals surface area contributed by atoms with Gasteiger partial charge in [0.05, 0.1) is 11.1 Å². The van der Waals surface area contributed by atoms with Crippen molar-refractivity contribution in [1.29, 1.82) is 0 Å². The maximum absolute atomic E-state index is 13.4. The summed E-state index contributed by atoms with van der Waals surface area (Å²) in [6, 6.07) is 7.61. The van der Waals surface area contributed by atoms with Gasteiger partial charge in [0, 0.05) is 35.4 Å². The van der Waals surface area contributed by atoms with Gasteiger partial charge >= 0.3 is 17.1 Å². The number of aryl methyl sites for hydroxylation is 2. The van der Waals surface area contributed by atoms with Crippen LogP contribution in [0, 0.1) is 107 Å². The molecule has 0 bridgehead atoms. The summed E-state index contributed by atoms with van der Waals surface area (Å²) in [5.41, 5.74) is -4.77. The average molecular weight is 904 g/mol. The zero-order valence-corrected chi connectivity index (χ0v) is 29.7. The van der Waals surface area contributed by atoms with Crippen LogP contribution >= 0.6 is 0 Å². The van der Waals surface area contributed by atoms with E-state index < -0.39 is 138 Å². The number of carbonyl (C=O) groups excluding carboxylic acids is 2. The molecule has 0 saturated heterocycles. The quantitative estimate of drug-likeness (QED) is 0.0426. The predicted molar refractivity (Wildman–Crippen MR) is 166 cm³/mol. The molecular formula is C38H16CuF16O4. The van der Waals surface area contributed by atoms with Crippen LogP contribution in [-0.4, -0.2) is 11.6 Å². The van der Waals surface area contributed by atoms with Crippen molar-refractivity contribution in [1.82, 2.24) is 0 Å². The standard InChI is InChI=1S/2C15H4F8O2.C8H10.Cu/c2*16-4-1-5(17)13(21)10(12(4)20)8(24)3-9(25)11-14(22)6(18)2-7(19)15(11)23;1-7-3-5-8(2)6-4-7;/h2*1-3,24H;3-6H,1-2H3;/q;;;+2/p-2/b2*8-3-;;. The summed E-state index contributed by atoms with van der Waals surface area (Å²) >= 11 is 0. The minimum atomic E-state index is -2.17. The summed E-state index contributed by atoms with van der Waals surface area (Å²) in [6.45, 7) is 4.19. The number of ketones is 2. The molecule has 0 fully saturated rings. The third-order valence-corrected chi connectivity index (χ3v) is 7.18. The first-order chi connectivity index (χ1) is 26.9. The van der Waals surface area contributed by atoms with E-state index in [0.717, 1.165) is 0 Å². The predicted octanol–water partition coefficient (Wildman–Crippen LogP) is 9.07. The van der Waals surface area contributed by atoms with Gasteiger partial charge in [0.1, 0.15) is 0 Å². The van der Waals surface area contributed by atoms with Crippen molar-refractivity contribution < 1.29 is 107 Å². The Hall–Kier alpha value is -6.08. The van der Waals surface area contributed by atoms with Crippen LogP contribution in [0.25, 0.3) is 11.5 Å². The molecule has 0 heterocycles. The third kappa shape index (κ3) is 11.1. The van der Waals surface area contributed by atoms with E-state index in [2.05, 4.69) is 38.1 Å². The van der Waals surface area contributed by atoms with E-state index in [0.29, 0.717) is 0 Å². The fraction of sp³-hybridized carbons (Fsp3) is 0.0526. The van der Waals surface area contributed by atoms with Crippen molar-refractivity contribution in [2.45, 2.75) is 13.8 Å². The number of allylic oxidation sites excluding steroid dienone is 2. The molecule has 0 aliphatic heterocycles. The van der Waals surface area contributed by atoms with E-state index in [4.69, 9.17) is 0 Å². The molecule has 315 valence electrons. The van der Waals surface area contributed by atoms with Gasteiger partial charge in [-0.2, -0.15) is 0 Å². The molecule has 0 aliphatic rings. The molecule has 0 aromatic heterocycles. The summed E-state index contributed by atoms with van der Waals surface area (Å²) in [7, 11) is 0. The number of rotatable bonds is 6. The van der Waals surface area contributed by atoms with Gasteiger partial charge in [-0.05, 0) is 26.0 Å². The summed E-state index contributed by atoms with van der Waals surface area (Å²) in [5, 5.41) is 23.3. The fourth-order valence-corrected chi connectivity index (χ4v) is 4.32. The second-order valence-electron chi connectivity index (χ2n) is 11.3. The van der Waals surface area contributed by atoms with E-state index in [1.54, 1.807) is 0 Å². The Labute approximate surface area is 330 Å². The summed E-state index contributed by atoms with van der Waals surface area (Å²) in [4.78, 5) is 23.3. The molecule has 5 aromatic carbocycles. The number of hydrogen-bond acceptors (Lipinski definition) is 4. The fourth-order valence-electron chi connectivity index (χ4n) is 4.32. The molecule has 0 spiro atoms. The Morgan fingerprint density at radius 1 is 0.373 bits per heavy atom. The number of hydrogen-bond donors (Lipinski definition) is 0. The Morgan fingerprint density at radius 3 is 0.729 bits per heavy atom. The first-order valence-electron chi connectivity index (χ1n) is 15.1. The van der Waals surface area contributed by atoms with E-state index in [1.165, 1.54) is 11.1 Å². The van der Waals surface area contributed by atoms with Gasteiger partial charge in [-0.25, -0.2) is 70.2 Å². The Balaban J connectivity index is 0.000000337. The van der Waals surface area contributed by atoms with Crippen LogP contribution in [0.15, 0.2) is 60.7 Å². The molecule has 59 heavy (non-hydrogen) atoms. The van der Waals surface area contributed by atoms with Crippen LogP contribution in [0.2, 0.25) is 0 Å². The molecule has 0 unspecified atom stereocenters. The van der Waals surface area contributed by atoms with Crippen molar-refractivity contribution in [2.75, 3.05) is 0 Å². The van der Waals surface area contributed by atoms with Crippen molar-refractivity contribution >= 4 is 23.1 Å². The van der Waals surface area contributed by atoms with Gasteiger partial charge < -0.3 is 10.2 Å². The smallest absolute Gasteiger partial charge is 0.872 e. The third-order valence-electron chi connectivity index (χ3n) is 7.18. The van der Waals surface area contributed by atoms with E-state index in [9.17, 15) is 90.0 Å². The Bertz CT molecular complexity index is 2230. The van der Waals surface area contributed by atoms with Crippen LogP contribution < -0.4 is 10.2 Å². The largest absolute Gasteiger partial charge is 2.00 e. The molecule has 0 saturated carbocycles. The SMILES string of the molecule is Cc1ccc(C)cc1.O=C(/C=C(\[O-])c1c(F)c(F)cc(F)c1F)c1c(F)c(F)cc(F)c1F.O=C(/C=C(\[O-])c1c(F)c(F)cc(F)c1F)c1c(F)c(F)cc(F)c1F.[Cu+2]. The zero-order chi connectivity index (χ0) is 44.1. The molecule has 0 N–H and O–H groups in total. The van der Waals surface area contributed by atoms with Gasteiger partial charge in [0.15, 0.2) is 105 Å². The molecule has 5 rings (SSSR count). The van der Waals surface area contributed by atoms with Gasteiger partial charge in [0.2, 0.25) is 0 Å². The van der Waals surface area contributed by atoms with Crippen LogP contribution in [0.5, 0.6) is 0 Å². The van der Waals surface area contributed by atoms with Gasteiger partial charge in [-0.15, -0.1) is 0 Å². The van der Waals surface area contributed by atoms with Crippen molar-refractivity contribution in [2.24, 2.45) is 0 Å². The molecule has 0 amide bonds. The molecule has 0 atom stereocenters. The normalized spacial score (nSPS) is 11.2. The van der Waals surface area contributed by atoms with E-state index in [1.807, 2.05) is 0 Å². The molecule has 4 nitrogen and oxygen atoms in total. The molecule has 0 aliphatic carbocycles. The van der Waals surface area contributed by atoms with E-state index in [-0.39, 0.29) is 53.5 Å². The summed E-state index contributed by atoms with van der Waals surface area (Å²) in [6.07, 6.45) is -0.721. The van der Waals surface area contributed by atoms with Gasteiger partial charge in [0.25, 0.3) is 0 Å². The first-order valence-corrected chi connectivity index (χ1v) is 15.1. The molecular weight excluding hydrogens is 888 g/mol. The van der Waals surface area contributed by atoms with Gasteiger partial charge in [-0.3, -0.25) is 9.59 Å². The molecule has 21 heteroatoms.